The van der Waals surface area contributed by atoms with Crippen molar-refractivity contribution in [2.75, 3.05) is 0 Å². The van der Waals surface area contributed by atoms with Crippen molar-refractivity contribution in [3.8, 4) is 0 Å². The lowest BCUT2D eigenvalue weighted by Gasteiger charge is -2.29. The van der Waals surface area contributed by atoms with Gasteiger partial charge in [-0.25, -0.2) is 4.79 Å². The number of nitrogens with zero attached hydrogens (tertiary/aromatic N) is 1. The van der Waals surface area contributed by atoms with Gasteiger partial charge in [0.1, 0.15) is 6.10 Å². The third-order valence-corrected chi connectivity index (χ3v) is 2.80. The molecule has 0 aromatic heterocycles. The molecule has 0 radical (unpaired) electrons. The number of carboxylic acids is 1. The van der Waals surface area contributed by atoms with Crippen LogP contribution < -0.4 is 0 Å². The number of hydrogen-bond acceptors (Lipinski definition) is 3. The first-order chi connectivity index (χ1) is 6.65. The highest BCUT2D eigenvalue weighted by Crippen LogP contribution is 2.42. The Kier molecular flexibility index (Phi) is 1.14. The maximum atomic E-state index is 11.4. The summed E-state index contributed by atoms with van der Waals surface area (Å²) in [6.45, 7) is 0. The molecule has 1 unspecified atom stereocenters. The predicted octanol–water partition coefficient (Wildman–Crippen LogP) is -0.497. The molecule has 1 amide bonds. The largest absolute Gasteiger partial charge is 0.477 e. The van der Waals surface area contributed by atoms with Gasteiger partial charge in [-0.3, -0.25) is 9.69 Å². The summed E-state index contributed by atoms with van der Waals surface area (Å²) in [4.78, 5) is 23.8. The normalized spacial score (nSPS) is 42.3. The fourth-order valence-electron chi connectivity index (χ4n) is 2.19. The average Bonchev–Trinajstić information content (AvgIpc) is 2.76. The van der Waals surface area contributed by atoms with Crippen molar-refractivity contribution in [1.29, 1.82) is 0 Å². The lowest BCUT2D eigenvalue weighted by molar-refractivity contribution is -0.170. The SMILES string of the molecule is O=C1C=CC2[C@H]3C=C[C@](C(=O)O)(O3)N12. The number of amides is 1. The number of rotatable bonds is 1. The Morgan fingerprint density at radius 3 is 3.07 bits per heavy atom. The van der Waals surface area contributed by atoms with Crippen molar-refractivity contribution in [2.45, 2.75) is 17.9 Å². The molecule has 2 bridgehead atoms. The van der Waals surface area contributed by atoms with Crippen LogP contribution in [-0.2, 0) is 14.3 Å². The molecular weight excluding hydrogens is 186 g/mol. The van der Waals surface area contributed by atoms with E-state index >= 15 is 0 Å². The first-order valence-corrected chi connectivity index (χ1v) is 4.27. The van der Waals surface area contributed by atoms with E-state index in [9.17, 15) is 9.59 Å². The van der Waals surface area contributed by atoms with E-state index in [-0.39, 0.29) is 18.1 Å². The van der Waals surface area contributed by atoms with Crippen molar-refractivity contribution in [3.05, 3.63) is 24.3 Å². The zero-order valence-electron chi connectivity index (χ0n) is 7.08. The van der Waals surface area contributed by atoms with E-state index in [1.54, 1.807) is 12.2 Å². The third-order valence-electron chi connectivity index (χ3n) is 2.80. The Labute approximate surface area is 79.3 Å². The summed E-state index contributed by atoms with van der Waals surface area (Å²) in [5.74, 6) is -1.44. The van der Waals surface area contributed by atoms with Crippen LogP contribution in [0.15, 0.2) is 24.3 Å². The minimum absolute atomic E-state index is 0.247. The zero-order valence-corrected chi connectivity index (χ0v) is 7.08. The summed E-state index contributed by atoms with van der Waals surface area (Å²) < 4.78 is 5.30. The number of fused-ring (bicyclic) bond motifs is 5. The maximum absolute atomic E-state index is 11.4. The van der Waals surface area contributed by atoms with Crippen LogP contribution in [0.4, 0.5) is 0 Å². The lowest BCUT2D eigenvalue weighted by Crippen LogP contribution is -2.53. The molecule has 0 saturated carbocycles. The van der Waals surface area contributed by atoms with E-state index in [0.29, 0.717) is 0 Å². The molecule has 1 fully saturated rings. The summed E-state index contributed by atoms with van der Waals surface area (Å²) >= 11 is 0. The van der Waals surface area contributed by atoms with Crippen LogP contribution in [0, 0.1) is 0 Å². The monoisotopic (exact) mass is 193 g/mol. The quantitative estimate of drug-likeness (QED) is 0.570. The number of hydrogen-bond donors (Lipinski definition) is 1. The number of carbonyl (C=O) groups excluding carboxylic acids is 1. The smallest absolute Gasteiger partial charge is 0.362 e. The topological polar surface area (TPSA) is 66.8 Å². The molecule has 3 aliphatic heterocycles. The summed E-state index contributed by atoms with van der Waals surface area (Å²) in [5.41, 5.74) is -1.56. The molecule has 3 atom stereocenters. The van der Waals surface area contributed by atoms with Crippen LogP contribution in [0.25, 0.3) is 0 Å². The third kappa shape index (κ3) is 0.620. The average molecular weight is 193 g/mol. The fourth-order valence-corrected chi connectivity index (χ4v) is 2.19. The van der Waals surface area contributed by atoms with Gasteiger partial charge in [-0.15, -0.1) is 0 Å². The van der Waals surface area contributed by atoms with Crippen LogP contribution in [0.2, 0.25) is 0 Å². The molecule has 0 aromatic rings. The zero-order chi connectivity index (χ0) is 9.92. The highest BCUT2D eigenvalue weighted by Gasteiger charge is 2.61. The van der Waals surface area contributed by atoms with Gasteiger partial charge in [0, 0.05) is 6.08 Å². The van der Waals surface area contributed by atoms with Crippen LogP contribution in [0.1, 0.15) is 0 Å². The van der Waals surface area contributed by atoms with Crippen LogP contribution in [0.5, 0.6) is 0 Å². The second-order valence-corrected chi connectivity index (χ2v) is 3.50. The van der Waals surface area contributed by atoms with Crippen LogP contribution in [0.3, 0.4) is 0 Å². The minimum Gasteiger partial charge on any atom is -0.477 e. The first kappa shape index (κ1) is 7.75. The highest BCUT2D eigenvalue weighted by atomic mass is 16.6. The summed E-state index contributed by atoms with van der Waals surface area (Å²) in [6.07, 6.45) is 5.89. The molecular formula is C9H7NO4. The predicted molar refractivity (Wildman–Crippen MR) is 44.2 cm³/mol. The van der Waals surface area contributed by atoms with Gasteiger partial charge >= 0.3 is 5.97 Å². The van der Waals surface area contributed by atoms with E-state index in [1.165, 1.54) is 17.1 Å². The Bertz CT molecular complexity index is 400. The molecule has 3 aliphatic rings. The number of carbonyl (C=O) groups is 2. The standard InChI is InChI=1S/C9H7NO4/c11-7-2-1-5-6-3-4-9(14-6,8(12)13)10(5)7/h1-6H,(H,12,13)/t5?,6-,9-/m1/s1. The molecule has 5 nitrogen and oxygen atoms in total. The highest BCUT2D eigenvalue weighted by molar-refractivity contribution is 5.97. The first-order valence-electron chi connectivity index (χ1n) is 4.27. The van der Waals surface area contributed by atoms with E-state index in [0.717, 1.165) is 0 Å². The molecule has 0 aromatic carbocycles. The van der Waals surface area contributed by atoms with E-state index in [4.69, 9.17) is 9.84 Å². The number of aliphatic carboxylic acids is 1. The van der Waals surface area contributed by atoms with Crippen molar-refractivity contribution in [3.63, 3.8) is 0 Å². The van der Waals surface area contributed by atoms with Crippen molar-refractivity contribution >= 4 is 11.9 Å². The van der Waals surface area contributed by atoms with Crippen molar-refractivity contribution in [2.24, 2.45) is 0 Å². The van der Waals surface area contributed by atoms with Gasteiger partial charge in [-0.2, -0.15) is 0 Å². The molecule has 1 saturated heterocycles. The summed E-state index contributed by atoms with van der Waals surface area (Å²) in [7, 11) is 0. The van der Waals surface area contributed by atoms with Gasteiger partial charge in [0.25, 0.3) is 5.72 Å². The Balaban J connectivity index is 2.13. The lowest BCUT2D eigenvalue weighted by atomic mass is 10.1. The Morgan fingerprint density at radius 2 is 2.36 bits per heavy atom. The number of ether oxygens (including phenoxy) is 1. The molecule has 0 aliphatic carbocycles. The number of carboxylic acid groups (broad SMARTS) is 1. The minimum atomic E-state index is -1.56. The van der Waals surface area contributed by atoms with E-state index in [1.807, 2.05) is 0 Å². The van der Waals surface area contributed by atoms with Gasteiger partial charge in [0.05, 0.1) is 6.04 Å². The molecule has 3 rings (SSSR count). The van der Waals surface area contributed by atoms with Gasteiger partial charge in [-0.1, -0.05) is 12.2 Å². The molecule has 14 heavy (non-hydrogen) atoms. The van der Waals surface area contributed by atoms with E-state index in [2.05, 4.69) is 0 Å². The Hall–Kier alpha value is -1.62. The van der Waals surface area contributed by atoms with Crippen LogP contribution in [-0.4, -0.2) is 39.8 Å². The van der Waals surface area contributed by atoms with Crippen molar-refractivity contribution in [1.82, 2.24) is 4.90 Å². The van der Waals surface area contributed by atoms with Crippen LogP contribution >= 0.6 is 0 Å². The molecule has 5 heteroatoms. The summed E-state index contributed by atoms with van der Waals surface area (Å²) in [5, 5.41) is 9.06. The van der Waals surface area contributed by atoms with Gasteiger partial charge in [0.15, 0.2) is 0 Å². The molecule has 0 spiro atoms. The molecule has 3 heterocycles. The Morgan fingerprint density at radius 1 is 1.57 bits per heavy atom. The second-order valence-electron chi connectivity index (χ2n) is 3.50. The van der Waals surface area contributed by atoms with Gasteiger partial charge < -0.3 is 9.84 Å². The summed E-state index contributed by atoms with van der Waals surface area (Å²) in [6, 6.07) is -0.247. The maximum Gasteiger partial charge on any atom is 0.362 e. The van der Waals surface area contributed by atoms with Gasteiger partial charge in [-0.05, 0) is 6.08 Å². The fraction of sp³-hybridized carbons (Fsp3) is 0.333. The van der Waals surface area contributed by atoms with Gasteiger partial charge in [0.2, 0.25) is 5.91 Å². The second kappa shape index (κ2) is 2.06. The molecule has 1 N–H and O–H groups in total. The van der Waals surface area contributed by atoms with Crippen molar-refractivity contribution < 1.29 is 19.4 Å². The molecule has 72 valence electrons. The van der Waals surface area contributed by atoms with E-state index < -0.39 is 11.7 Å².